The van der Waals surface area contributed by atoms with Crippen LogP contribution in [0.15, 0.2) is 53.3 Å². The molecule has 13 heteroatoms. The van der Waals surface area contributed by atoms with Crippen molar-refractivity contribution in [3.63, 3.8) is 0 Å². The van der Waals surface area contributed by atoms with Crippen LogP contribution in [0.25, 0.3) is 16.9 Å². The average Bonchev–Trinajstić information content (AvgIpc) is 2.90. The molecule has 0 aliphatic heterocycles. The molecule has 43 heavy (non-hydrogen) atoms. The molecule has 7 N–H and O–H groups in total. The van der Waals surface area contributed by atoms with E-state index in [2.05, 4.69) is 5.32 Å². The molecule has 4 unspecified atom stereocenters. The smallest absolute Gasteiger partial charge is 0.401 e. The molecule has 0 radical (unpaired) electrons. The molecular weight excluding hydrogens is 571 g/mol. The Labute approximate surface area is 243 Å². The number of benzene rings is 2. The molecule has 1 fully saturated rings. The summed E-state index contributed by atoms with van der Waals surface area (Å²) in [5, 5.41) is 47.1. The van der Waals surface area contributed by atoms with Gasteiger partial charge in [-0.25, -0.2) is 0 Å². The van der Waals surface area contributed by atoms with Crippen molar-refractivity contribution < 1.29 is 48.0 Å². The minimum Gasteiger partial charge on any atom is -0.508 e. The third kappa shape index (κ3) is 4.86. The van der Waals surface area contributed by atoms with Crippen LogP contribution < -0.4 is 11.1 Å². The number of nitrogens with one attached hydrogen (secondary N) is 1. The van der Waals surface area contributed by atoms with E-state index in [0.717, 1.165) is 0 Å². The van der Waals surface area contributed by atoms with Crippen LogP contribution in [0, 0.1) is 11.8 Å². The van der Waals surface area contributed by atoms with Crippen molar-refractivity contribution in [3.05, 3.63) is 70.0 Å². The number of likely N-dealkylation sites (N-methyl/N-ethyl adjacent to an activating group) is 1. The zero-order valence-electron chi connectivity index (χ0n) is 23.2. The summed E-state index contributed by atoms with van der Waals surface area (Å²) < 4.78 is 37.4. The van der Waals surface area contributed by atoms with Gasteiger partial charge in [-0.3, -0.25) is 19.3 Å². The van der Waals surface area contributed by atoms with E-state index in [0.29, 0.717) is 22.3 Å². The Kier molecular flexibility index (Phi) is 7.39. The van der Waals surface area contributed by atoms with Crippen LogP contribution in [0.5, 0.6) is 5.75 Å². The minimum atomic E-state index is -4.34. The lowest BCUT2D eigenvalue weighted by Crippen LogP contribution is -2.65. The van der Waals surface area contributed by atoms with E-state index in [1.165, 1.54) is 25.1 Å². The molecule has 2 aromatic carbocycles. The minimum absolute atomic E-state index is 0.0145. The molecular formula is C30H30F3N3O7. The number of hydrogen-bond donors (Lipinski definition) is 6. The molecule has 1 saturated carbocycles. The summed E-state index contributed by atoms with van der Waals surface area (Å²) in [6.07, 6.45) is -4.29. The zero-order chi connectivity index (χ0) is 31.6. The number of rotatable bonds is 6. The zero-order valence-corrected chi connectivity index (χ0v) is 23.2. The van der Waals surface area contributed by atoms with Crippen LogP contribution in [0.1, 0.15) is 23.1 Å². The van der Waals surface area contributed by atoms with E-state index >= 15 is 0 Å². The van der Waals surface area contributed by atoms with Crippen molar-refractivity contribution in [2.24, 2.45) is 17.6 Å². The second kappa shape index (κ2) is 10.5. The SMILES string of the molecule is CN(C)C1C(=O)C(C(N)=O)=C(O)C2(O)C(=O)C3=C(O)c4c(O)ccc(-c5ccc(CNCC(F)(F)F)cc5)c4CC3CC12. The molecule has 0 saturated heterocycles. The Bertz CT molecular complexity index is 1600. The predicted octanol–water partition coefficient (Wildman–Crippen LogP) is 2.28. The molecule has 10 nitrogen and oxygen atoms in total. The fourth-order valence-corrected chi connectivity index (χ4v) is 6.67. The average molecular weight is 602 g/mol. The summed E-state index contributed by atoms with van der Waals surface area (Å²) in [7, 11) is 3.04. The predicted molar refractivity (Wildman–Crippen MR) is 147 cm³/mol. The second-order valence-electron chi connectivity index (χ2n) is 11.4. The first-order valence-electron chi connectivity index (χ1n) is 13.4. The van der Waals surface area contributed by atoms with E-state index in [4.69, 9.17) is 5.73 Å². The number of ketones is 2. The lowest BCUT2D eigenvalue weighted by molar-refractivity contribution is -0.153. The number of nitrogens with zero attached hydrogens (tertiary/aromatic N) is 1. The number of aliphatic hydroxyl groups excluding tert-OH is 2. The lowest BCUT2D eigenvalue weighted by atomic mass is 9.57. The van der Waals surface area contributed by atoms with Crippen LogP contribution in [0.3, 0.4) is 0 Å². The number of phenolic OH excluding ortho intramolecular Hbond substituents is 1. The number of primary amides is 1. The van der Waals surface area contributed by atoms with Crippen molar-refractivity contribution >= 4 is 23.2 Å². The highest BCUT2D eigenvalue weighted by atomic mass is 19.4. The van der Waals surface area contributed by atoms with Gasteiger partial charge in [0.1, 0.15) is 22.8 Å². The number of Topliss-reactive ketones (excluding diaryl/α,β-unsaturated/α-hetero) is 2. The Morgan fingerprint density at radius 1 is 1.09 bits per heavy atom. The van der Waals surface area contributed by atoms with Crippen molar-refractivity contribution in [2.45, 2.75) is 37.2 Å². The van der Waals surface area contributed by atoms with Gasteiger partial charge in [-0.1, -0.05) is 30.3 Å². The molecule has 0 bridgehead atoms. The van der Waals surface area contributed by atoms with Gasteiger partial charge in [0.15, 0.2) is 11.4 Å². The molecule has 2 aromatic rings. The number of carbonyl (C=O) groups is 3. The van der Waals surface area contributed by atoms with Crippen molar-refractivity contribution in [2.75, 3.05) is 20.6 Å². The Hall–Kier alpha value is -4.20. The molecule has 0 spiro atoms. The first-order chi connectivity index (χ1) is 20.1. The van der Waals surface area contributed by atoms with Gasteiger partial charge >= 0.3 is 6.18 Å². The first-order valence-corrected chi connectivity index (χ1v) is 13.4. The van der Waals surface area contributed by atoms with Crippen LogP contribution in [0.4, 0.5) is 13.2 Å². The number of amides is 1. The van der Waals surface area contributed by atoms with E-state index in [-0.39, 0.29) is 36.3 Å². The number of alkyl halides is 3. The molecule has 0 aromatic heterocycles. The van der Waals surface area contributed by atoms with Gasteiger partial charge in [0, 0.05) is 18.0 Å². The largest absolute Gasteiger partial charge is 0.508 e. The van der Waals surface area contributed by atoms with E-state index in [1.54, 1.807) is 30.3 Å². The molecule has 4 atom stereocenters. The standard InChI is InChI=1S/C30H30F3N3O7/c1-36(2)23-18-10-15-9-17-16(14-5-3-13(4-6-14)11-35-12-29(31,32)33)7-8-19(37)21(17)24(38)20(15)26(40)30(18,43)27(41)22(25(23)39)28(34)42/h3-8,15,18,23,35,37-38,41,43H,9-12H2,1-2H3,(H2,34,42). The molecule has 1 amide bonds. The van der Waals surface area contributed by atoms with E-state index in [9.17, 15) is 48.0 Å². The van der Waals surface area contributed by atoms with Gasteiger partial charge in [-0.15, -0.1) is 0 Å². The highest BCUT2D eigenvalue weighted by Gasteiger charge is 2.64. The summed E-state index contributed by atoms with van der Waals surface area (Å²) >= 11 is 0. The normalized spacial score (nSPS) is 25.5. The summed E-state index contributed by atoms with van der Waals surface area (Å²) in [6, 6.07) is 8.41. The maximum atomic E-state index is 13.9. The summed E-state index contributed by atoms with van der Waals surface area (Å²) in [4.78, 5) is 40.7. The third-order valence-corrected chi connectivity index (χ3v) is 8.52. The monoisotopic (exact) mass is 601 g/mol. The van der Waals surface area contributed by atoms with Crippen LogP contribution in [0.2, 0.25) is 0 Å². The fraction of sp³-hybridized carbons (Fsp3) is 0.367. The number of aliphatic hydroxyl groups is 3. The Balaban J connectivity index is 1.58. The summed E-state index contributed by atoms with van der Waals surface area (Å²) in [5.74, 6) is -7.31. The van der Waals surface area contributed by atoms with Gasteiger partial charge in [-0.05, 0) is 61.2 Å². The van der Waals surface area contributed by atoms with Crippen LogP contribution in [-0.4, -0.2) is 81.3 Å². The highest BCUT2D eigenvalue weighted by Crippen LogP contribution is 2.53. The molecule has 3 aliphatic rings. The number of nitrogens with two attached hydrogens (primary N) is 1. The first kappa shape index (κ1) is 30.3. The molecule has 3 aliphatic carbocycles. The van der Waals surface area contributed by atoms with Crippen LogP contribution >= 0.6 is 0 Å². The number of aromatic hydroxyl groups is 1. The third-order valence-electron chi connectivity index (χ3n) is 8.52. The van der Waals surface area contributed by atoms with Crippen molar-refractivity contribution in [3.8, 4) is 16.9 Å². The molecule has 5 rings (SSSR count). The second-order valence-corrected chi connectivity index (χ2v) is 11.4. The van der Waals surface area contributed by atoms with Crippen molar-refractivity contribution in [1.29, 1.82) is 0 Å². The quantitative estimate of drug-likeness (QED) is 0.272. The number of phenols is 1. The topological polar surface area (TPSA) is 173 Å². The highest BCUT2D eigenvalue weighted by molar-refractivity contribution is 6.24. The van der Waals surface area contributed by atoms with Crippen LogP contribution in [-0.2, 0) is 27.3 Å². The van der Waals surface area contributed by atoms with Gasteiger partial charge in [-0.2, -0.15) is 13.2 Å². The lowest BCUT2D eigenvalue weighted by Gasteiger charge is -2.50. The van der Waals surface area contributed by atoms with E-state index in [1.807, 2.05) is 0 Å². The molecule has 0 heterocycles. The van der Waals surface area contributed by atoms with Gasteiger partial charge < -0.3 is 31.5 Å². The Morgan fingerprint density at radius 2 is 1.74 bits per heavy atom. The number of halogens is 3. The van der Waals surface area contributed by atoms with E-state index < -0.39 is 70.8 Å². The maximum absolute atomic E-state index is 13.9. The number of fused-ring (bicyclic) bond motifs is 3. The van der Waals surface area contributed by atoms with Gasteiger partial charge in [0.25, 0.3) is 5.91 Å². The maximum Gasteiger partial charge on any atom is 0.401 e. The number of carbonyl (C=O) groups excluding carboxylic acids is 3. The number of hydrogen-bond acceptors (Lipinski definition) is 9. The molecule has 228 valence electrons. The fourth-order valence-electron chi connectivity index (χ4n) is 6.67. The van der Waals surface area contributed by atoms with Crippen molar-refractivity contribution in [1.82, 2.24) is 10.2 Å². The summed E-state index contributed by atoms with van der Waals surface area (Å²) in [6.45, 7) is -1.15. The summed E-state index contributed by atoms with van der Waals surface area (Å²) in [5.41, 5.74) is 3.72. The van der Waals surface area contributed by atoms with Gasteiger partial charge in [0.05, 0.1) is 18.2 Å². The van der Waals surface area contributed by atoms with Gasteiger partial charge in [0.2, 0.25) is 5.78 Å². The Morgan fingerprint density at radius 3 is 2.33 bits per heavy atom.